The lowest BCUT2D eigenvalue weighted by molar-refractivity contribution is -0.133. The Hall–Kier alpha value is -3.71. The highest BCUT2D eigenvalue weighted by Crippen LogP contribution is 2.45. The second-order valence-electron chi connectivity index (χ2n) is 8.09. The number of rotatable bonds is 4. The number of carbonyl (C=O) groups excluding carboxylic acids is 2. The van der Waals surface area contributed by atoms with Crippen molar-refractivity contribution in [3.05, 3.63) is 111 Å². The SMILES string of the molecule is CC1(NC(=O)c2ccccc2)C(=O)N(c2ccc(Br)cc2)C1c1coc2ccccc2c1=O. The maximum absolute atomic E-state index is 13.5. The van der Waals surface area contributed by atoms with Gasteiger partial charge < -0.3 is 9.73 Å². The molecule has 3 aromatic carbocycles. The van der Waals surface area contributed by atoms with Gasteiger partial charge >= 0.3 is 0 Å². The molecule has 1 aliphatic heterocycles. The number of nitrogens with one attached hydrogen (secondary N) is 1. The van der Waals surface area contributed by atoms with E-state index < -0.39 is 17.5 Å². The van der Waals surface area contributed by atoms with Crippen molar-refractivity contribution in [3.8, 4) is 0 Å². The average molecular weight is 503 g/mol. The Morgan fingerprint density at radius 3 is 2.36 bits per heavy atom. The number of anilines is 1. The molecule has 0 saturated carbocycles. The fraction of sp³-hybridized carbons (Fsp3) is 0.115. The van der Waals surface area contributed by atoms with Gasteiger partial charge in [0, 0.05) is 15.7 Å². The van der Waals surface area contributed by atoms with E-state index in [4.69, 9.17) is 4.42 Å². The normalized spacial score (nSPS) is 19.9. The van der Waals surface area contributed by atoms with Crippen LogP contribution < -0.4 is 15.6 Å². The maximum atomic E-state index is 13.5. The Morgan fingerprint density at radius 1 is 0.970 bits per heavy atom. The molecule has 0 aliphatic carbocycles. The van der Waals surface area contributed by atoms with Crippen LogP contribution >= 0.6 is 15.9 Å². The molecule has 1 fully saturated rings. The molecule has 1 N–H and O–H groups in total. The molecule has 6 nitrogen and oxygen atoms in total. The third-order valence-corrected chi connectivity index (χ3v) is 6.51. The topological polar surface area (TPSA) is 79.6 Å². The fourth-order valence-corrected chi connectivity index (χ4v) is 4.56. The second-order valence-corrected chi connectivity index (χ2v) is 9.01. The summed E-state index contributed by atoms with van der Waals surface area (Å²) in [4.78, 5) is 41.4. The zero-order valence-electron chi connectivity index (χ0n) is 17.6. The molecule has 2 unspecified atom stereocenters. The quantitative estimate of drug-likeness (QED) is 0.405. The molecular weight excluding hydrogens is 484 g/mol. The van der Waals surface area contributed by atoms with E-state index in [1.807, 2.05) is 18.2 Å². The smallest absolute Gasteiger partial charge is 0.255 e. The lowest BCUT2D eigenvalue weighted by Gasteiger charge is -2.54. The van der Waals surface area contributed by atoms with Crippen molar-refractivity contribution >= 4 is 44.4 Å². The first-order valence-corrected chi connectivity index (χ1v) is 11.2. The van der Waals surface area contributed by atoms with Gasteiger partial charge in [0.15, 0.2) is 5.43 Å². The van der Waals surface area contributed by atoms with Gasteiger partial charge in [0.05, 0.1) is 10.9 Å². The van der Waals surface area contributed by atoms with Crippen LogP contribution in [-0.2, 0) is 4.79 Å². The number of nitrogens with zero attached hydrogens (tertiary/aromatic N) is 1. The van der Waals surface area contributed by atoms with Crippen LogP contribution in [0.5, 0.6) is 0 Å². The van der Waals surface area contributed by atoms with Crippen molar-refractivity contribution < 1.29 is 14.0 Å². The molecule has 7 heteroatoms. The summed E-state index contributed by atoms with van der Waals surface area (Å²) in [6, 6.07) is 22.1. The Balaban J connectivity index is 1.62. The summed E-state index contributed by atoms with van der Waals surface area (Å²) >= 11 is 3.40. The third-order valence-electron chi connectivity index (χ3n) is 5.98. The summed E-state index contributed by atoms with van der Waals surface area (Å²) in [7, 11) is 0. The molecule has 33 heavy (non-hydrogen) atoms. The number of carbonyl (C=O) groups is 2. The molecule has 5 rings (SSSR count). The molecule has 0 spiro atoms. The van der Waals surface area contributed by atoms with Crippen molar-refractivity contribution in [1.82, 2.24) is 5.32 Å². The first-order chi connectivity index (χ1) is 15.9. The van der Waals surface area contributed by atoms with E-state index in [9.17, 15) is 14.4 Å². The van der Waals surface area contributed by atoms with Crippen LogP contribution in [0.2, 0.25) is 0 Å². The number of hydrogen-bond donors (Lipinski definition) is 1. The zero-order valence-corrected chi connectivity index (χ0v) is 19.2. The number of halogens is 1. The van der Waals surface area contributed by atoms with Crippen LogP contribution in [0.4, 0.5) is 5.69 Å². The van der Waals surface area contributed by atoms with E-state index in [1.165, 1.54) is 11.2 Å². The molecular formula is C26H19BrN2O4. The van der Waals surface area contributed by atoms with Gasteiger partial charge in [0.1, 0.15) is 23.4 Å². The first-order valence-electron chi connectivity index (χ1n) is 10.4. The van der Waals surface area contributed by atoms with E-state index >= 15 is 0 Å². The molecule has 1 aromatic heterocycles. The van der Waals surface area contributed by atoms with Crippen molar-refractivity contribution in [2.75, 3.05) is 4.90 Å². The summed E-state index contributed by atoms with van der Waals surface area (Å²) in [6.07, 6.45) is 1.39. The molecule has 1 aliphatic rings. The highest BCUT2D eigenvalue weighted by molar-refractivity contribution is 9.10. The van der Waals surface area contributed by atoms with Crippen LogP contribution in [-0.4, -0.2) is 17.4 Å². The lowest BCUT2D eigenvalue weighted by Crippen LogP contribution is -2.75. The van der Waals surface area contributed by atoms with E-state index in [-0.39, 0.29) is 11.3 Å². The average Bonchev–Trinajstić information content (AvgIpc) is 2.84. The molecule has 1 saturated heterocycles. The Bertz CT molecular complexity index is 1430. The molecule has 2 amide bonds. The van der Waals surface area contributed by atoms with Gasteiger partial charge in [-0.25, -0.2) is 0 Å². The zero-order chi connectivity index (χ0) is 23.2. The Labute approximate surface area is 198 Å². The van der Waals surface area contributed by atoms with Gasteiger partial charge in [-0.2, -0.15) is 0 Å². The standard InChI is InChI=1S/C26H19BrN2O4/c1-26(28-24(31)16-7-3-2-4-8-16)23(29(25(26)32)18-13-11-17(27)12-14-18)20-15-33-21-10-6-5-9-19(21)22(20)30/h2-15,23H,1H3,(H,28,31). The van der Waals surface area contributed by atoms with E-state index in [0.29, 0.717) is 27.8 Å². The highest BCUT2D eigenvalue weighted by Gasteiger charge is 2.60. The number of benzene rings is 3. The summed E-state index contributed by atoms with van der Waals surface area (Å²) in [5, 5.41) is 3.29. The molecule has 2 heterocycles. The van der Waals surface area contributed by atoms with Gasteiger partial charge in [0.25, 0.3) is 11.8 Å². The predicted octanol–water partition coefficient (Wildman–Crippen LogP) is 4.83. The Morgan fingerprint density at radius 2 is 1.64 bits per heavy atom. The van der Waals surface area contributed by atoms with Crippen molar-refractivity contribution in [2.45, 2.75) is 18.5 Å². The molecule has 0 bridgehead atoms. The number of amides is 2. The van der Waals surface area contributed by atoms with Crippen LogP contribution in [0.1, 0.15) is 28.9 Å². The maximum Gasteiger partial charge on any atom is 0.255 e. The van der Waals surface area contributed by atoms with Crippen molar-refractivity contribution in [3.63, 3.8) is 0 Å². The monoisotopic (exact) mass is 502 g/mol. The van der Waals surface area contributed by atoms with Crippen molar-refractivity contribution in [1.29, 1.82) is 0 Å². The number of β-lactam (4-membered cyclic amide) rings is 1. The van der Waals surface area contributed by atoms with Gasteiger partial charge in [-0.15, -0.1) is 0 Å². The van der Waals surface area contributed by atoms with E-state index in [0.717, 1.165) is 4.47 Å². The lowest BCUT2D eigenvalue weighted by atomic mass is 9.75. The number of para-hydroxylation sites is 1. The van der Waals surface area contributed by atoms with Crippen LogP contribution in [0.3, 0.4) is 0 Å². The summed E-state index contributed by atoms with van der Waals surface area (Å²) in [5.74, 6) is -0.705. The number of hydrogen-bond acceptors (Lipinski definition) is 4. The van der Waals surface area contributed by atoms with E-state index in [2.05, 4.69) is 21.2 Å². The fourth-order valence-electron chi connectivity index (χ4n) is 4.30. The van der Waals surface area contributed by atoms with Crippen LogP contribution in [0.15, 0.2) is 98.8 Å². The Kier molecular flexibility index (Phi) is 5.13. The summed E-state index contributed by atoms with van der Waals surface area (Å²) < 4.78 is 6.61. The predicted molar refractivity (Wildman–Crippen MR) is 129 cm³/mol. The molecule has 164 valence electrons. The minimum absolute atomic E-state index is 0.239. The van der Waals surface area contributed by atoms with Gasteiger partial charge in [-0.05, 0) is 55.5 Å². The van der Waals surface area contributed by atoms with Gasteiger partial charge in [-0.1, -0.05) is 46.3 Å². The summed E-state index contributed by atoms with van der Waals surface area (Å²) in [6.45, 7) is 1.64. The summed E-state index contributed by atoms with van der Waals surface area (Å²) in [5.41, 5.74) is 0.230. The largest absolute Gasteiger partial charge is 0.464 e. The second kappa shape index (κ2) is 8.01. The highest BCUT2D eigenvalue weighted by atomic mass is 79.9. The minimum Gasteiger partial charge on any atom is -0.464 e. The molecule has 4 aromatic rings. The molecule has 0 radical (unpaired) electrons. The van der Waals surface area contributed by atoms with Crippen LogP contribution in [0.25, 0.3) is 11.0 Å². The first kappa shape index (κ1) is 21.2. The van der Waals surface area contributed by atoms with Crippen molar-refractivity contribution in [2.24, 2.45) is 0 Å². The number of fused-ring (bicyclic) bond motifs is 1. The van der Waals surface area contributed by atoms with Gasteiger partial charge in [-0.3, -0.25) is 19.3 Å². The minimum atomic E-state index is -1.34. The third kappa shape index (κ3) is 3.45. The van der Waals surface area contributed by atoms with Crippen LogP contribution in [0, 0.1) is 0 Å². The molecule has 2 atom stereocenters. The van der Waals surface area contributed by atoms with Gasteiger partial charge in [0.2, 0.25) is 0 Å². The van der Waals surface area contributed by atoms with E-state index in [1.54, 1.807) is 67.6 Å².